The van der Waals surface area contributed by atoms with Crippen molar-refractivity contribution < 1.29 is 5.11 Å². The summed E-state index contributed by atoms with van der Waals surface area (Å²) in [5.41, 5.74) is 0.565. The van der Waals surface area contributed by atoms with E-state index in [1.807, 2.05) is 6.92 Å². The van der Waals surface area contributed by atoms with Crippen molar-refractivity contribution in [3.63, 3.8) is 0 Å². The van der Waals surface area contributed by atoms with Crippen LogP contribution < -0.4 is 5.32 Å². The van der Waals surface area contributed by atoms with E-state index in [1.54, 1.807) is 0 Å². The Morgan fingerprint density at radius 3 is 2.15 bits per heavy atom. The van der Waals surface area contributed by atoms with E-state index in [0.717, 1.165) is 19.6 Å². The van der Waals surface area contributed by atoms with Crippen LogP contribution in [0.4, 0.5) is 0 Å². The molecule has 3 nitrogen and oxygen atoms in total. The van der Waals surface area contributed by atoms with E-state index in [4.69, 9.17) is 0 Å². The molecule has 1 aliphatic carbocycles. The van der Waals surface area contributed by atoms with E-state index >= 15 is 0 Å². The summed E-state index contributed by atoms with van der Waals surface area (Å²) < 4.78 is 0. The van der Waals surface area contributed by atoms with Gasteiger partial charge < -0.3 is 15.3 Å². The first kappa shape index (κ1) is 17.9. The van der Waals surface area contributed by atoms with E-state index in [1.165, 1.54) is 38.5 Å². The highest BCUT2D eigenvalue weighted by Gasteiger charge is 2.33. The van der Waals surface area contributed by atoms with Crippen molar-refractivity contribution in [2.24, 2.45) is 5.41 Å². The Balaban J connectivity index is 2.67. The lowest BCUT2D eigenvalue weighted by Gasteiger charge is -2.39. The molecule has 0 spiro atoms. The molecule has 0 bridgehead atoms. The van der Waals surface area contributed by atoms with Gasteiger partial charge in [-0.15, -0.1) is 0 Å². The minimum absolute atomic E-state index is 0.183. The van der Waals surface area contributed by atoms with Crippen LogP contribution in [0.1, 0.15) is 66.2 Å². The quantitative estimate of drug-likeness (QED) is 0.736. The molecule has 1 rings (SSSR count). The molecule has 0 radical (unpaired) electrons. The number of nitrogens with one attached hydrogen (secondary N) is 1. The van der Waals surface area contributed by atoms with E-state index in [0.29, 0.717) is 5.41 Å². The van der Waals surface area contributed by atoms with Crippen LogP contribution in [0.2, 0.25) is 0 Å². The molecule has 1 saturated carbocycles. The molecule has 0 saturated heterocycles. The van der Waals surface area contributed by atoms with Gasteiger partial charge in [-0.2, -0.15) is 0 Å². The van der Waals surface area contributed by atoms with Crippen molar-refractivity contribution in [1.82, 2.24) is 10.2 Å². The smallest absolute Gasteiger partial charge is 0.0638 e. The van der Waals surface area contributed by atoms with E-state index in [9.17, 15) is 5.11 Å². The molecule has 1 aliphatic rings. The first-order chi connectivity index (χ1) is 9.22. The maximum atomic E-state index is 9.59. The van der Waals surface area contributed by atoms with E-state index < -0.39 is 0 Å². The second-order valence-corrected chi connectivity index (χ2v) is 8.06. The Bertz CT molecular complexity index is 263. The van der Waals surface area contributed by atoms with Crippen LogP contribution >= 0.6 is 0 Å². The second-order valence-electron chi connectivity index (χ2n) is 8.06. The average Bonchev–Trinajstić information content (AvgIpc) is 2.51. The Morgan fingerprint density at radius 2 is 1.70 bits per heavy atom. The predicted molar refractivity (Wildman–Crippen MR) is 87.1 cm³/mol. The zero-order chi connectivity index (χ0) is 15.2. The topological polar surface area (TPSA) is 35.5 Å². The van der Waals surface area contributed by atoms with Gasteiger partial charge in [0.1, 0.15) is 0 Å². The summed E-state index contributed by atoms with van der Waals surface area (Å²) in [5, 5.41) is 13.3. The standard InChI is InChI=1S/C17H36N2O/c1-15(20)12-19(5)14-17(13-18-16(2,3)4)10-8-6-7-9-11-17/h15,18,20H,6-14H2,1-5H3. The van der Waals surface area contributed by atoms with Gasteiger partial charge in [-0.25, -0.2) is 0 Å². The van der Waals surface area contributed by atoms with Crippen LogP contribution in [0.3, 0.4) is 0 Å². The fraction of sp³-hybridized carbons (Fsp3) is 1.00. The summed E-state index contributed by atoms with van der Waals surface area (Å²) in [6.07, 6.45) is 7.89. The minimum Gasteiger partial charge on any atom is -0.392 e. The predicted octanol–water partition coefficient (Wildman–Crippen LogP) is 3.03. The fourth-order valence-electron chi connectivity index (χ4n) is 3.41. The Morgan fingerprint density at radius 1 is 1.15 bits per heavy atom. The van der Waals surface area contributed by atoms with Crippen LogP contribution in [0.15, 0.2) is 0 Å². The SMILES string of the molecule is CC(O)CN(C)CC1(CNC(C)(C)C)CCCCCC1. The van der Waals surface area contributed by atoms with Crippen LogP contribution in [0, 0.1) is 5.41 Å². The molecule has 0 aromatic rings. The van der Waals surface area contributed by atoms with Gasteiger partial charge >= 0.3 is 0 Å². The maximum Gasteiger partial charge on any atom is 0.0638 e. The molecule has 120 valence electrons. The summed E-state index contributed by atoms with van der Waals surface area (Å²) in [6, 6.07) is 0. The normalized spacial score (nSPS) is 21.8. The summed E-state index contributed by atoms with van der Waals surface area (Å²) in [7, 11) is 2.15. The number of nitrogens with zero attached hydrogens (tertiary/aromatic N) is 1. The average molecular weight is 284 g/mol. The monoisotopic (exact) mass is 284 g/mol. The third-order valence-corrected chi connectivity index (χ3v) is 4.34. The minimum atomic E-state index is -0.238. The molecule has 20 heavy (non-hydrogen) atoms. The Hall–Kier alpha value is -0.120. The van der Waals surface area contributed by atoms with Crippen LogP contribution in [0.5, 0.6) is 0 Å². The Kier molecular flexibility index (Phi) is 6.96. The summed E-state index contributed by atoms with van der Waals surface area (Å²) >= 11 is 0. The van der Waals surface area contributed by atoms with Gasteiger partial charge in [0, 0.05) is 25.2 Å². The van der Waals surface area contributed by atoms with Crippen molar-refractivity contribution in [3.05, 3.63) is 0 Å². The number of likely N-dealkylation sites (N-methyl/N-ethyl adjacent to an activating group) is 1. The lowest BCUT2D eigenvalue weighted by Crippen LogP contribution is -2.49. The van der Waals surface area contributed by atoms with Crippen LogP contribution in [-0.2, 0) is 0 Å². The molecule has 0 amide bonds. The maximum absolute atomic E-state index is 9.59. The van der Waals surface area contributed by atoms with Crippen molar-refractivity contribution in [3.8, 4) is 0 Å². The second kappa shape index (κ2) is 7.77. The molecule has 0 aromatic heterocycles. The largest absolute Gasteiger partial charge is 0.392 e. The number of hydrogen-bond acceptors (Lipinski definition) is 3. The van der Waals surface area contributed by atoms with Gasteiger partial charge in [0.2, 0.25) is 0 Å². The van der Waals surface area contributed by atoms with Crippen LogP contribution in [-0.4, -0.2) is 48.3 Å². The molecule has 3 heteroatoms. The van der Waals surface area contributed by atoms with E-state index in [2.05, 4.69) is 38.0 Å². The number of hydrogen-bond donors (Lipinski definition) is 2. The summed E-state index contributed by atoms with van der Waals surface area (Å²) in [5.74, 6) is 0. The van der Waals surface area contributed by atoms with Crippen molar-refractivity contribution in [2.75, 3.05) is 26.7 Å². The molecule has 0 heterocycles. The summed E-state index contributed by atoms with van der Waals surface area (Å²) in [6.45, 7) is 11.6. The van der Waals surface area contributed by atoms with Gasteiger partial charge in [0.15, 0.2) is 0 Å². The molecule has 0 aliphatic heterocycles. The molecular weight excluding hydrogens is 248 g/mol. The highest BCUT2D eigenvalue weighted by Crippen LogP contribution is 2.35. The third kappa shape index (κ3) is 7.05. The van der Waals surface area contributed by atoms with Gasteiger partial charge in [0.05, 0.1) is 6.10 Å². The molecule has 1 atom stereocenters. The zero-order valence-corrected chi connectivity index (χ0v) is 14.3. The molecule has 0 aromatic carbocycles. The third-order valence-electron chi connectivity index (χ3n) is 4.34. The number of aliphatic hydroxyl groups is 1. The van der Waals surface area contributed by atoms with Crippen molar-refractivity contribution in [1.29, 1.82) is 0 Å². The highest BCUT2D eigenvalue weighted by atomic mass is 16.3. The number of rotatable bonds is 6. The Labute approximate surface area is 126 Å². The molecule has 1 fully saturated rings. The first-order valence-electron chi connectivity index (χ1n) is 8.34. The number of aliphatic hydroxyl groups excluding tert-OH is 1. The van der Waals surface area contributed by atoms with Gasteiger partial charge in [0.25, 0.3) is 0 Å². The molecule has 1 unspecified atom stereocenters. The fourth-order valence-corrected chi connectivity index (χ4v) is 3.41. The lowest BCUT2D eigenvalue weighted by atomic mass is 9.79. The molecular formula is C17H36N2O. The highest BCUT2D eigenvalue weighted by molar-refractivity contribution is 4.88. The van der Waals surface area contributed by atoms with Crippen LogP contribution in [0.25, 0.3) is 0 Å². The van der Waals surface area contributed by atoms with Gasteiger partial charge in [-0.05, 0) is 53.0 Å². The lowest BCUT2D eigenvalue weighted by molar-refractivity contribution is 0.0908. The van der Waals surface area contributed by atoms with E-state index in [-0.39, 0.29) is 11.6 Å². The molecule has 2 N–H and O–H groups in total. The van der Waals surface area contributed by atoms with Crippen molar-refractivity contribution in [2.45, 2.75) is 77.9 Å². The van der Waals surface area contributed by atoms with Gasteiger partial charge in [-0.1, -0.05) is 25.7 Å². The van der Waals surface area contributed by atoms with Gasteiger partial charge in [-0.3, -0.25) is 0 Å². The van der Waals surface area contributed by atoms with Crippen molar-refractivity contribution >= 4 is 0 Å². The first-order valence-corrected chi connectivity index (χ1v) is 8.34. The summed E-state index contributed by atoms with van der Waals surface area (Å²) in [4.78, 5) is 2.32. The zero-order valence-electron chi connectivity index (χ0n) is 14.3.